The molecule has 3 aromatic heterocycles. The van der Waals surface area contributed by atoms with Gasteiger partial charge in [-0.3, -0.25) is 0 Å². The van der Waals surface area contributed by atoms with Crippen molar-refractivity contribution in [1.29, 1.82) is 0 Å². The molecule has 0 N–H and O–H groups in total. The molecule has 3 rings (SSSR count). The molecular formula is C12H10ClN5O2. The van der Waals surface area contributed by atoms with Crippen LogP contribution >= 0.6 is 11.6 Å². The summed E-state index contributed by atoms with van der Waals surface area (Å²) in [6.07, 6.45) is 2.99. The molecular weight excluding hydrogens is 282 g/mol. The zero-order valence-electron chi connectivity index (χ0n) is 10.5. The third-order valence-corrected chi connectivity index (χ3v) is 2.79. The van der Waals surface area contributed by atoms with E-state index in [1.807, 2.05) is 0 Å². The fourth-order valence-electron chi connectivity index (χ4n) is 1.69. The fourth-order valence-corrected chi connectivity index (χ4v) is 1.84. The van der Waals surface area contributed by atoms with Gasteiger partial charge in [-0.1, -0.05) is 11.6 Å². The first kappa shape index (κ1) is 12.8. The van der Waals surface area contributed by atoms with Gasteiger partial charge in [-0.2, -0.15) is 14.6 Å². The molecule has 8 heteroatoms. The Labute approximate surface area is 119 Å². The second-order valence-electron chi connectivity index (χ2n) is 3.88. The molecule has 0 bridgehead atoms. The molecule has 0 aliphatic heterocycles. The summed E-state index contributed by atoms with van der Waals surface area (Å²) in [6.45, 7) is 0.348. The summed E-state index contributed by atoms with van der Waals surface area (Å²) in [5.74, 6) is 1.30. The molecule has 7 nitrogen and oxygen atoms in total. The Kier molecular flexibility index (Phi) is 3.44. The van der Waals surface area contributed by atoms with Gasteiger partial charge in [0.1, 0.15) is 6.33 Å². The smallest absolute Gasteiger partial charge is 0.255 e. The third kappa shape index (κ3) is 2.40. The van der Waals surface area contributed by atoms with E-state index in [1.165, 1.54) is 10.8 Å². The van der Waals surface area contributed by atoms with Gasteiger partial charge in [0, 0.05) is 19.4 Å². The lowest BCUT2D eigenvalue weighted by Gasteiger charge is -2.09. The number of aromatic nitrogens is 5. The number of fused-ring (bicyclic) bond motifs is 1. The molecule has 0 atom stereocenters. The van der Waals surface area contributed by atoms with Crippen LogP contribution in [0.25, 0.3) is 5.78 Å². The van der Waals surface area contributed by atoms with E-state index in [4.69, 9.17) is 21.1 Å². The largest absolute Gasteiger partial charge is 0.436 e. The molecule has 0 saturated carbocycles. The van der Waals surface area contributed by atoms with Gasteiger partial charge in [-0.15, -0.1) is 0 Å². The Morgan fingerprint density at radius 2 is 2.25 bits per heavy atom. The summed E-state index contributed by atoms with van der Waals surface area (Å²) in [7, 11) is 1.59. The van der Waals surface area contributed by atoms with E-state index in [0.29, 0.717) is 29.7 Å². The lowest BCUT2D eigenvalue weighted by atomic mass is 10.4. The molecule has 0 amide bonds. The minimum atomic E-state index is 0.269. The van der Waals surface area contributed by atoms with Crippen LogP contribution < -0.4 is 4.74 Å². The van der Waals surface area contributed by atoms with Crippen LogP contribution in [0.15, 0.2) is 30.7 Å². The van der Waals surface area contributed by atoms with Crippen LogP contribution in [0.5, 0.6) is 11.6 Å². The second kappa shape index (κ2) is 5.40. The summed E-state index contributed by atoms with van der Waals surface area (Å²) in [5, 5.41) is 4.33. The number of hydrogen-bond acceptors (Lipinski definition) is 6. The van der Waals surface area contributed by atoms with E-state index < -0.39 is 0 Å². The molecule has 0 unspecified atom stereocenters. The van der Waals surface area contributed by atoms with Crippen molar-refractivity contribution >= 4 is 17.4 Å². The highest BCUT2D eigenvalue weighted by atomic mass is 35.5. The van der Waals surface area contributed by atoms with Crippen molar-refractivity contribution < 1.29 is 9.47 Å². The van der Waals surface area contributed by atoms with Gasteiger partial charge in [0.25, 0.3) is 5.78 Å². The average molecular weight is 292 g/mol. The van der Waals surface area contributed by atoms with Crippen LogP contribution in [-0.4, -0.2) is 31.7 Å². The minimum Gasteiger partial charge on any atom is -0.436 e. The van der Waals surface area contributed by atoms with Gasteiger partial charge in [0.05, 0.1) is 12.3 Å². The Bertz CT molecular complexity index is 746. The van der Waals surface area contributed by atoms with Crippen LogP contribution in [0, 0.1) is 0 Å². The van der Waals surface area contributed by atoms with Gasteiger partial charge >= 0.3 is 0 Å². The van der Waals surface area contributed by atoms with Gasteiger partial charge in [-0.05, 0) is 12.1 Å². The van der Waals surface area contributed by atoms with Gasteiger partial charge in [0.2, 0.25) is 5.88 Å². The van der Waals surface area contributed by atoms with Gasteiger partial charge < -0.3 is 9.47 Å². The third-order valence-electron chi connectivity index (χ3n) is 2.50. The lowest BCUT2D eigenvalue weighted by molar-refractivity contribution is 0.181. The predicted octanol–water partition coefficient (Wildman–Crippen LogP) is 2.11. The van der Waals surface area contributed by atoms with Crippen molar-refractivity contribution in [3.63, 3.8) is 0 Å². The highest BCUT2D eigenvalue weighted by molar-refractivity contribution is 6.30. The minimum absolute atomic E-state index is 0.269. The molecule has 0 radical (unpaired) electrons. The number of halogens is 1. The van der Waals surface area contributed by atoms with Crippen LogP contribution in [0.3, 0.4) is 0 Å². The molecule has 0 aliphatic carbocycles. The topological polar surface area (TPSA) is 74.4 Å². The van der Waals surface area contributed by atoms with E-state index in [0.717, 1.165) is 0 Å². The summed E-state index contributed by atoms with van der Waals surface area (Å²) in [6, 6.07) is 5.17. The first-order valence-corrected chi connectivity index (χ1v) is 6.12. The second-order valence-corrected chi connectivity index (χ2v) is 4.24. The maximum atomic E-state index is 5.98. The van der Waals surface area contributed by atoms with Gasteiger partial charge in [-0.25, -0.2) is 9.97 Å². The molecule has 102 valence electrons. The van der Waals surface area contributed by atoms with Crippen molar-refractivity contribution in [2.24, 2.45) is 0 Å². The Morgan fingerprint density at radius 1 is 1.35 bits per heavy atom. The molecule has 0 aliphatic rings. The zero-order valence-corrected chi connectivity index (χ0v) is 11.3. The molecule has 20 heavy (non-hydrogen) atoms. The van der Waals surface area contributed by atoms with Crippen LogP contribution in [0.4, 0.5) is 0 Å². The van der Waals surface area contributed by atoms with E-state index >= 15 is 0 Å². The average Bonchev–Trinajstić information content (AvgIpc) is 2.90. The van der Waals surface area contributed by atoms with Crippen LogP contribution in [-0.2, 0) is 11.3 Å². The number of rotatable bonds is 4. The number of methoxy groups -OCH3 is 1. The first-order valence-electron chi connectivity index (χ1n) is 5.75. The number of nitrogens with zero attached hydrogens (tertiary/aromatic N) is 5. The van der Waals surface area contributed by atoms with Crippen molar-refractivity contribution in [1.82, 2.24) is 24.6 Å². The normalized spacial score (nSPS) is 10.9. The molecule has 3 heterocycles. The summed E-state index contributed by atoms with van der Waals surface area (Å²) in [5.41, 5.74) is 0.683. The Hall–Kier alpha value is -2.25. The lowest BCUT2D eigenvalue weighted by Crippen LogP contribution is -2.02. The van der Waals surface area contributed by atoms with E-state index in [1.54, 1.807) is 31.5 Å². The maximum absolute atomic E-state index is 5.98. The first-order chi connectivity index (χ1) is 9.78. The van der Waals surface area contributed by atoms with E-state index in [-0.39, 0.29) is 5.15 Å². The van der Waals surface area contributed by atoms with Crippen molar-refractivity contribution in [3.05, 3.63) is 41.6 Å². The van der Waals surface area contributed by atoms with Crippen molar-refractivity contribution in [2.45, 2.75) is 6.61 Å². The van der Waals surface area contributed by atoms with E-state index in [2.05, 4.69) is 20.1 Å². The number of ether oxygens (including phenoxy) is 2. The highest BCUT2D eigenvalue weighted by Crippen LogP contribution is 2.27. The van der Waals surface area contributed by atoms with Gasteiger partial charge in [0.15, 0.2) is 10.9 Å². The highest BCUT2D eigenvalue weighted by Gasteiger charge is 2.11. The molecule has 0 saturated heterocycles. The van der Waals surface area contributed by atoms with Crippen molar-refractivity contribution in [3.8, 4) is 11.6 Å². The standard InChI is InChI=1S/C12H10ClN5O2/c1-19-6-8-5-10(18-12(17-8)15-7-16-18)20-9-3-2-4-14-11(9)13/h2-5,7H,6H2,1H3. The zero-order chi connectivity index (χ0) is 13.9. The molecule has 3 aromatic rings. The van der Waals surface area contributed by atoms with Crippen molar-refractivity contribution in [2.75, 3.05) is 7.11 Å². The van der Waals surface area contributed by atoms with Crippen LogP contribution in [0.1, 0.15) is 5.69 Å². The summed E-state index contributed by atoms with van der Waals surface area (Å²) >= 11 is 5.98. The predicted molar refractivity (Wildman–Crippen MR) is 70.8 cm³/mol. The Balaban J connectivity index is 2.05. The quantitative estimate of drug-likeness (QED) is 0.685. The SMILES string of the molecule is COCc1cc(Oc2cccnc2Cl)n2ncnc2n1. The molecule has 0 aromatic carbocycles. The van der Waals surface area contributed by atoms with E-state index in [9.17, 15) is 0 Å². The molecule has 0 fully saturated rings. The summed E-state index contributed by atoms with van der Waals surface area (Å²) in [4.78, 5) is 12.3. The number of hydrogen-bond donors (Lipinski definition) is 0. The monoisotopic (exact) mass is 291 g/mol. The molecule has 0 spiro atoms. The summed E-state index contributed by atoms with van der Waals surface area (Å²) < 4.78 is 12.3. The fraction of sp³-hybridized carbons (Fsp3) is 0.167. The maximum Gasteiger partial charge on any atom is 0.255 e. The Morgan fingerprint density at radius 3 is 3.05 bits per heavy atom. The van der Waals surface area contributed by atoms with Crippen LogP contribution in [0.2, 0.25) is 5.15 Å². The number of pyridine rings is 1.